The first kappa shape index (κ1) is 41.3. The van der Waals surface area contributed by atoms with Crippen LogP contribution in [0.4, 0.5) is 27.6 Å². The topological polar surface area (TPSA) is 142 Å². The Balaban J connectivity index is 0.762. The first-order valence-corrected chi connectivity index (χ1v) is 21.5. The summed E-state index contributed by atoms with van der Waals surface area (Å²) in [7, 11) is 0. The fourth-order valence-electron chi connectivity index (χ4n) is 11.0. The number of hydrogen-bond acceptors (Lipinski definition) is 9. The molecule has 3 unspecified atom stereocenters. The zero-order valence-electron chi connectivity index (χ0n) is 34.5. The first-order chi connectivity index (χ1) is 30.1. The molecule has 6 aliphatic heterocycles. The van der Waals surface area contributed by atoms with E-state index < -0.39 is 71.7 Å². The summed E-state index contributed by atoms with van der Waals surface area (Å²) in [6, 6.07) is 6.16. The fourth-order valence-corrected chi connectivity index (χ4v) is 11.0. The van der Waals surface area contributed by atoms with E-state index in [1.165, 1.54) is 12.1 Å². The van der Waals surface area contributed by atoms with Gasteiger partial charge in [0.1, 0.15) is 17.7 Å². The largest absolute Gasteiger partial charge is 0.401 e. The standard InChI is InChI=1S/C45H45F5N8O5/c1-24-14-29-28(2-3-35-32(29)19-51-53-35)40(57(24)23-45(48,49)50)39-33(46)17-27(18-34(39)47)55-10-6-44(7-11-55)8-12-56(13-9-44)38(60)22-54-20-25-15-30-31(16-26(25)21-54)43(63)58(42(30)62)36-4-5-37(59)52-41(36)61/h2-3,15-19,24,36,40H,4-14,20-23H2,1H3,(H,51,53)(H,52,59,61). The molecule has 1 aromatic heterocycles. The molecule has 0 radical (unpaired) electrons. The number of rotatable bonds is 6. The zero-order chi connectivity index (χ0) is 44.1. The van der Waals surface area contributed by atoms with Crippen molar-refractivity contribution in [2.45, 2.75) is 89.3 Å². The highest BCUT2D eigenvalue weighted by molar-refractivity contribution is 6.23. The van der Waals surface area contributed by atoms with E-state index in [1.807, 2.05) is 14.7 Å². The lowest BCUT2D eigenvalue weighted by molar-refractivity contribution is -0.155. The first-order valence-electron chi connectivity index (χ1n) is 21.5. The number of benzene rings is 3. The van der Waals surface area contributed by atoms with Crippen molar-refractivity contribution < 1.29 is 45.9 Å². The number of likely N-dealkylation sites (tertiary alicyclic amines) is 1. The summed E-state index contributed by atoms with van der Waals surface area (Å²) in [5, 5.41) is 9.87. The van der Waals surface area contributed by atoms with E-state index in [4.69, 9.17) is 0 Å². The summed E-state index contributed by atoms with van der Waals surface area (Å²) < 4.78 is 74.5. The molecule has 4 aromatic rings. The van der Waals surface area contributed by atoms with Crippen molar-refractivity contribution in [1.29, 1.82) is 0 Å². The van der Waals surface area contributed by atoms with Gasteiger partial charge in [-0.15, -0.1) is 0 Å². The van der Waals surface area contributed by atoms with Gasteiger partial charge < -0.3 is 9.80 Å². The molecule has 3 saturated heterocycles. The second kappa shape index (κ2) is 15.2. The molecular weight excluding hydrogens is 828 g/mol. The minimum absolute atomic E-state index is 0.0252. The number of aromatic nitrogens is 2. The van der Waals surface area contributed by atoms with Crippen LogP contribution in [0.25, 0.3) is 10.9 Å². The number of piperidine rings is 3. The van der Waals surface area contributed by atoms with Gasteiger partial charge in [-0.3, -0.25) is 49.1 Å². The average Bonchev–Trinajstić information content (AvgIpc) is 3.94. The van der Waals surface area contributed by atoms with Crippen LogP contribution in [0.15, 0.2) is 42.6 Å². The molecule has 13 nitrogen and oxygen atoms in total. The van der Waals surface area contributed by atoms with Crippen molar-refractivity contribution in [2.75, 3.05) is 44.2 Å². The van der Waals surface area contributed by atoms with Crippen LogP contribution in [0, 0.1) is 17.0 Å². The lowest BCUT2D eigenvalue weighted by Crippen LogP contribution is -2.54. The number of imide groups is 2. The molecule has 3 atom stereocenters. The maximum Gasteiger partial charge on any atom is 0.401 e. The Bertz CT molecular complexity index is 2530. The highest BCUT2D eigenvalue weighted by Gasteiger charge is 2.47. The van der Waals surface area contributed by atoms with Crippen LogP contribution in [-0.4, -0.2) is 117 Å². The van der Waals surface area contributed by atoms with Crippen LogP contribution in [0.3, 0.4) is 0 Å². The molecule has 1 spiro atoms. The number of anilines is 1. The molecule has 2 N–H and O–H groups in total. The molecule has 330 valence electrons. The molecule has 0 bridgehead atoms. The van der Waals surface area contributed by atoms with Crippen LogP contribution in [-0.2, 0) is 33.9 Å². The van der Waals surface area contributed by atoms with Gasteiger partial charge in [0.2, 0.25) is 17.7 Å². The molecule has 3 aromatic carbocycles. The lowest BCUT2D eigenvalue weighted by Gasteiger charge is -2.47. The molecular formula is C45H45F5N8O5. The predicted octanol–water partition coefficient (Wildman–Crippen LogP) is 5.37. The monoisotopic (exact) mass is 872 g/mol. The van der Waals surface area contributed by atoms with Gasteiger partial charge in [-0.25, -0.2) is 8.78 Å². The average molecular weight is 873 g/mol. The fraction of sp³-hybridized carbons (Fsp3) is 0.467. The van der Waals surface area contributed by atoms with Crippen LogP contribution in [0.1, 0.15) is 100 Å². The Morgan fingerprint density at radius 3 is 2.14 bits per heavy atom. The number of nitrogens with zero attached hydrogens (tertiary/aromatic N) is 6. The van der Waals surface area contributed by atoms with Crippen molar-refractivity contribution >= 4 is 46.1 Å². The molecule has 7 heterocycles. The summed E-state index contributed by atoms with van der Waals surface area (Å²) in [5.74, 6) is -4.07. The Labute approximate surface area is 358 Å². The van der Waals surface area contributed by atoms with Gasteiger partial charge >= 0.3 is 6.18 Å². The Morgan fingerprint density at radius 1 is 0.889 bits per heavy atom. The number of alkyl halides is 3. The number of nitrogens with one attached hydrogen (secondary N) is 2. The van der Waals surface area contributed by atoms with Crippen LogP contribution in [0.2, 0.25) is 0 Å². The Morgan fingerprint density at radius 2 is 1.52 bits per heavy atom. The summed E-state index contributed by atoms with van der Waals surface area (Å²) >= 11 is 0. The van der Waals surface area contributed by atoms with Gasteiger partial charge in [0.05, 0.1) is 42.0 Å². The van der Waals surface area contributed by atoms with E-state index in [0.717, 1.165) is 57.6 Å². The zero-order valence-corrected chi connectivity index (χ0v) is 34.5. The summed E-state index contributed by atoms with van der Waals surface area (Å²) in [6.45, 7) is 3.49. The molecule has 0 saturated carbocycles. The van der Waals surface area contributed by atoms with Crippen molar-refractivity contribution in [1.82, 2.24) is 35.1 Å². The van der Waals surface area contributed by atoms with Gasteiger partial charge in [0.25, 0.3) is 11.8 Å². The quantitative estimate of drug-likeness (QED) is 0.194. The number of carbonyl (C=O) groups excluding carboxylic acids is 5. The van der Waals surface area contributed by atoms with Crippen LogP contribution in [0.5, 0.6) is 0 Å². The molecule has 6 aliphatic rings. The molecule has 5 amide bonds. The third-order valence-corrected chi connectivity index (χ3v) is 14.4. The number of carbonyl (C=O) groups is 5. The number of H-pyrrole nitrogens is 1. The maximum atomic E-state index is 16.3. The van der Waals surface area contributed by atoms with E-state index in [0.29, 0.717) is 56.0 Å². The summed E-state index contributed by atoms with van der Waals surface area (Å²) in [4.78, 5) is 72.2. The predicted molar refractivity (Wildman–Crippen MR) is 217 cm³/mol. The van der Waals surface area contributed by atoms with Crippen LogP contribution >= 0.6 is 0 Å². The van der Waals surface area contributed by atoms with Crippen LogP contribution < -0.4 is 10.2 Å². The summed E-state index contributed by atoms with van der Waals surface area (Å²) in [6.07, 6.45) is 0.420. The number of aromatic amines is 1. The third-order valence-electron chi connectivity index (χ3n) is 14.4. The van der Waals surface area contributed by atoms with E-state index >= 15 is 8.78 Å². The highest BCUT2D eigenvalue weighted by Crippen LogP contribution is 2.46. The molecule has 18 heteroatoms. The van der Waals surface area contributed by atoms with Gasteiger partial charge in [0.15, 0.2) is 0 Å². The Kier molecular flexibility index (Phi) is 9.96. The van der Waals surface area contributed by atoms with Gasteiger partial charge in [-0.1, -0.05) is 6.07 Å². The molecule has 63 heavy (non-hydrogen) atoms. The smallest absolute Gasteiger partial charge is 0.371 e. The normalized spacial score (nSPS) is 24.0. The van der Waals surface area contributed by atoms with Crippen molar-refractivity contribution in [3.05, 3.63) is 93.2 Å². The molecule has 0 aliphatic carbocycles. The number of halogens is 5. The number of hydrogen-bond donors (Lipinski definition) is 2. The third kappa shape index (κ3) is 7.24. The van der Waals surface area contributed by atoms with E-state index in [-0.39, 0.29) is 48.3 Å². The lowest BCUT2D eigenvalue weighted by atomic mass is 9.71. The number of amides is 5. The summed E-state index contributed by atoms with van der Waals surface area (Å²) in [5.41, 5.74) is 3.81. The van der Waals surface area contributed by atoms with Crippen molar-refractivity contribution in [2.24, 2.45) is 5.41 Å². The van der Waals surface area contributed by atoms with E-state index in [1.54, 1.807) is 37.4 Å². The highest BCUT2D eigenvalue weighted by atomic mass is 19.4. The minimum atomic E-state index is -4.59. The van der Waals surface area contributed by atoms with Crippen molar-refractivity contribution in [3.8, 4) is 0 Å². The molecule has 10 rings (SSSR count). The Hall–Kier alpha value is -5.75. The van der Waals surface area contributed by atoms with Gasteiger partial charge in [-0.05, 0) is 103 Å². The molecule has 3 fully saturated rings. The second-order valence-electron chi connectivity index (χ2n) is 18.2. The second-order valence-corrected chi connectivity index (χ2v) is 18.2. The maximum absolute atomic E-state index is 16.3. The number of fused-ring (bicyclic) bond motifs is 5. The SMILES string of the molecule is CC1Cc2c(ccc3[nH]ncc23)C(c2c(F)cc(N3CCC4(CCN(C(=O)CN5Cc6cc7c(cc6C5)C(=O)N(C5CCC(=O)NC5=O)C7=O)CC4)CC3)cc2F)N1CC(F)(F)F. The van der Waals surface area contributed by atoms with Crippen molar-refractivity contribution in [3.63, 3.8) is 0 Å². The van der Waals surface area contributed by atoms with E-state index in [2.05, 4.69) is 15.5 Å². The van der Waals surface area contributed by atoms with E-state index in [9.17, 15) is 37.1 Å². The van der Waals surface area contributed by atoms with Gasteiger partial charge in [0, 0.05) is 68.4 Å². The minimum Gasteiger partial charge on any atom is -0.371 e. The van der Waals surface area contributed by atoms with Gasteiger partial charge in [-0.2, -0.15) is 18.3 Å².